The van der Waals surface area contributed by atoms with Gasteiger partial charge in [0.1, 0.15) is 5.78 Å². The zero-order valence-corrected chi connectivity index (χ0v) is 14.9. The molecular formula is C21H30O2. The lowest BCUT2D eigenvalue weighted by Crippen LogP contribution is -2.53. The minimum Gasteiger partial charge on any atom is -0.299 e. The van der Waals surface area contributed by atoms with E-state index in [2.05, 4.69) is 20.8 Å². The number of hydrogen-bond donors (Lipinski definition) is 0. The van der Waals surface area contributed by atoms with E-state index in [0.717, 1.165) is 38.5 Å². The van der Waals surface area contributed by atoms with Crippen molar-refractivity contribution in [1.82, 2.24) is 0 Å². The van der Waals surface area contributed by atoms with Gasteiger partial charge in [0, 0.05) is 18.3 Å². The fourth-order valence-electron chi connectivity index (χ4n) is 7.10. The molecule has 0 saturated heterocycles. The molecule has 0 heterocycles. The minimum absolute atomic E-state index is 0.0368. The van der Waals surface area contributed by atoms with Crippen LogP contribution in [0.2, 0.25) is 0 Å². The second-order valence-electron chi connectivity index (χ2n) is 9.06. The quantitative estimate of drug-likeness (QED) is 0.701. The summed E-state index contributed by atoms with van der Waals surface area (Å²) in [5, 5.41) is 0. The van der Waals surface area contributed by atoms with E-state index in [1.807, 2.05) is 6.08 Å². The molecule has 0 N–H and O–H groups in total. The summed E-state index contributed by atoms with van der Waals surface area (Å²) >= 11 is 0. The molecule has 0 spiro atoms. The van der Waals surface area contributed by atoms with E-state index in [0.29, 0.717) is 35.2 Å². The van der Waals surface area contributed by atoms with Crippen LogP contribution in [0, 0.1) is 34.5 Å². The highest BCUT2D eigenvalue weighted by atomic mass is 16.1. The molecule has 0 aromatic carbocycles. The standard InChI is InChI=1S/C21H30O2/c1-4-13-11-15(22)12-14-5-6-16-17-7-8-19(23)20(17,2)10-9-18(16)21(13,14)3/h12-13,16-18H,4-11H2,1-3H3/t13?,16-,17-,18+,20-,21-/m0/s1. The number of rotatable bonds is 1. The lowest BCUT2D eigenvalue weighted by atomic mass is 9.45. The Hall–Kier alpha value is -0.920. The van der Waals surface area contributed by atoms with Crippen LogP contribution in [0.15, 0.2) is 11.6 Å². The number of carbonyl (C=O) groups is 2. The fourth-order valence-corrected chi connectivity index (χ4v) is 7.10. The van der Waals surface area contributed by atoms with Crippen molar-refractivity contribution in [2.45, 2.75) is 72.1 Å². The average Bonchev–Trinajstić information content (AvgIpc) is 2.83. The summed E-state index contributed by atoms with van der Waals surface area (Å²) in [6.45, 7) is 6.95. The number of hydrogen-bond acceptors (Lipinski definition) is 2. The molecule has 3 saturated carbocycles. The number of allylic oxidation sites excluding steroid dienone is 1. The Bertz CT molecular complexity index is 589. The molecular weight excluding hydrogens is 284 g/mol. The van der Waals surface area contributed by atoms with Gasteiger partial charge in [-0.3, -0.25) is 9.59 Å². The molecule has 0 aliphatic heterocycles. The average molecular weight is 314 g/mol. The Morgan fingerprint density at radius 2 is 1.87 bits per heavy atom. The van der Waals surface area contributed by atoms with Crippen molar-refractivity contribution in [3.8, 4) is 0 Å². The Morgan fingerprint density at radius 1 is 1.09 bits per heavy atom. The highest BCUT2D eigenvalue weighted by molar-refractivity contribution is 5.92. The molecule has 0 amide bonds. The number of Topliss-reactive ketones (excluding diaryl/α,β-unsaturated/α-hetero) is 1. The van der Waals surface area contributed by atoms with Crippen LogP contribution in [0.3, 0.4) is 0 Å². The summed E-state index contributed by atoms with van der Waals surface area (Å²) in [5.41, 5.74) is 1.61. The predicted octanol–water partition coefficient (Wildman–Crippen LogP) is 4.72. The molecule has 23 heavy (non-hydrogen) atoms. The molecule has 3 fully saturated rings. The third-order valence-electron chi connectivity index (χ3n) is 8.48. The van der Waals surface area contributed by atoms with Crippen molar-refractivity contribution in [3.05, 3.63) is 11.6 Å². The smallest absolute Gasteiger partial charge is 0.155 e. The normalized spacial score (nSPS) is 49.3. The third kappa shape index (κ3) is 1.93. The first kappa shape index (κ1) is 15.6. The van der Waals surface area contributed by atoms with E-state index in [-0.39, 0.29) is 10.8 Å². The van der Waals surface area contributed by atoms with Crippen molar-refractivity contribution in [1.29, 1.82) is 0 Å². The molecule has 0 aromatic heterocycles. The summed E-state index contributed by atoms with van der Waals surface area (Å²) in [4.78, 5) is 24.6. The summed E-state index contributed by atoms with van der Waals surface area (Å²) < 4.78 is 0. The zero-order valence-electron chi connectivity index (χ0n) is 14.9. The molecule has 2 nitrogen and oxygen atoms in total. The highest BCUT2D eigenvalue weighted by Crippen LogP contribution is 2.65. The van der Waals surface area contributed by atoms with Gasteiger partial charge >= 0.3 is 0 Å². The molecule has 126 valence electrons. The van der Waals surface area contributed by atoms with Crippen LogP contribution in [-0.2, 0) is 9.59 Å². The van der Waals surface area contributed by atoms with Gasteiger partial charge < -0.3 is 0 Å². The van der Waals surface area contributed by atoms with E-state index < -0.39 is 0 Å². The van der Waals surface area contributed by atoms with Gasteiger partial charge in [-0.25, -0.2) is 0 Å². The van der Waals surface area contributed by atoms with Gasteiger partial charge in [0.25, 0.3) is 0 Å². The first-order valence-corrected chi connectivity index (χ1v) is 9.68. The van der Waals surface area contributed by atoms with Gasteiger partial charge in [-0.15, -0.1) is 0 Å². The molecule has 4 rings (SSSR count). The van der Waals surface area contributed by atoms with Crippen molar-refractivity contribution >= 4 is 11.6 Å². The second kappa shape index (κ2) is 5.04. The molecule has 0 bridgehead atoms. The van der Waals surface area contributed by atoms with Gasteiger partial charge in [0.2, 0.25) is 0 Å². The van der Waals surface area contributed by atoms with Crippen molar-refractivity contribution in [3.63, 3.8) is 0 Å². The molecule has 1 unspecified atom stereocenters. The second-order valence-corrected chi connectivity index (χ2v) is 9.06. The Kier molecular flexibility index (Phi) is 3.42. The topological polar surface area (TPSA) is 34.1 Å². The maximum absolute atomic E-state index is 12.5. The SMILES string of the molecule is CCC1CC(=O)C=C2CC[C@@H]3[C@@H](CC[C@]4(C)C(=O)CC[C@@H]34)[C@]21C. The van der Waals surface area contributed by atoms with E-state index >= 15 is 0 Å². The monoisotopic (exact) mass is 314 g/mol. The van der Waals surface area contributed by atoms with Crippen LogP contribution in [0.5, 0.6) is 0 Å². The largest absolute Gasteiger partial charge is 0.299 e. The predicted molar refractivity (Wildman–Crippen MR) is 90.9 cm³/mol. The summed E-state index contributed by atoms with van der Waals surface area (Å²) in [6, 6.07) is 0. The van der Waals surface area contributed by atoms with Crippen LogP contribution in [0.25, 0.3) is 0 Å². The van der Waals surface area contributed by atoms with Gasteiger partial charge in [-0.2, -0.15) is 0 Å². The van der Waals surface area contributed by atoms with Gasteiger partial charge in [0.05, 0.1) is 0 Å². The molecule has 4 aliphatic carbocycles. The van der Waals surface area contributed by atoms with Crippen molar-refractivity contribution in [2.75, 3.05) is 0 Å². The van der Waals surface area contributed by atoms with Crippen molar-refractivity contribution in [2.24, 2.45) is 34.5 Å². The van der Waals surface area contributed by atoms with E-state index in [9.17, 15) is 9.59 Å². The Morgan fingerprint density at radius 3 is 2.61 bits per heavy atom. The fraction of sp³-hybridized carbons (Fsp3) is 0.810. The van der Waals surface area contributed by atoms with Crippen LogP contribution in [0.1, 0.15) is 72.1 Å². The maximum atomic E-state index is 12.5. The van der Waals surface area contributed by atoms with E-state index in [1.54, 1.807) is 0 Å². The Balaban J connectivity index is 1.74. The van der Waals surface area contributed by atoms with Gasteiger partial charge in [0.15, 0.2) is 5.78 Å². The van der Waals surface area contributed by atoms with Gasteiger partial charge in [-0.05, 0) is 67.3 Å². The lowest BCUT2D eigenvalue weighted by Gasteiger charge is -2.59. The van der Waals surface area contributed by atoms with E-state index in [1.165, 1.54) is 18.4 Å². The maximum Gasteiger partial charge on any atom is 0.155 e. The molecule has 0 radical (unpaired) electrons. The van der Waals surface area contributed by atoms with Crippen LogP contribution in [-0.4, -0.2) is 11.6 Å². The summed E-state index contributed by atoms with van der Waals surface area (Å²) in [5.74, 6) is 3.36. The van der Waals surface area contributed by atoms with Gasteiger partial charge in [-0.1, -0.05) is 32.8 Å². The van der Waals surface area contributed by atoms with E-state index in [4.69, 9.17) is 0 Å². The zero-order chi connectivity index (χ0) is 16.4. The molecule has 0 aromatic rings. The van der Waals surface area contributed by atoms with Crippen LogP contribution >= 0.6 is 0 Å². The lowest BCUT2D eigenvalue weighted by molar-refractivity contribution is -0.134. The van der Waals surface area contributed by atoms with Crippen LogP contribution in [0.4, 0.5) is 0 Å². The molecule has 4 aliphatic rings. The summed E-state index contributed by atoms with van der Waals surface area (Å²) in [6.07, 6.45) is 10.3. The number of ketones is 2. The molecule has 6 atom stereocenters. The highest BCUT2D eigenvalue weighted by Gasteiger charge is 2.60. The molecule has 2 heteroatoms. The number of fused-ring (bicyclic) bond motifs is 5. The summed E-state index contributed by atoms with van der Waals surface area (Å²) in [7, 11) is 0. The van der Waals surface area contributed by atoms with Crippen LogP contribution < -0.4 is 0 Å². The first-order valence-electron chi connectivity index (χ1n) is 9.68. The van der Waals surface area contributed by atoms with Crippen molar-refractivity contribution < 1.29 is 9.59 Å². The minimum atomic E-state index is -0.0368. The Labute approximate surface area is 140 Å². The number of carbonyl (C=O) groups excluding carboxylic acids is 2. The first-order chi connectivity index (χ1) is 10.9. The third-order valence-corrected chi connectivity index (χ3v) is 8.48.